The van der Waals surface area contributed by atoms with Crippen molar-refractivity contribution in [1.29, 1.82) is 0 Å². The van der Waals surface area contributed by atoms with Crippen LogP contribution in [-0.2, 0) is 22.9 Å². The SMILES string of the molecule is O=S(=O)(Nc1ccc(-c2ccc(CC3NCCc4cc(O)c(O)cc43)cc2)cc1)c1cc2ccccc2cn1. The van der Waals surface area contributed by atoms with Gasteiger partial charge in [0.05, 0.1) is 0 Å². The maximum absolute atomic E-state index is 12.9. The fourth-order valence-corrected chi connectivity index (χ4v) is 6.09. The number of pyridine rings is 1. The number of phenols is 2. The number of benzene rings is 4. The van der Waals surface area contributed by atoms with Crippen LogP contribution in [0.25, 0.3) is 21.9 Å². The monoisotopic (exact) mass is 537 g/mol. The molecule has 5 aromatic rings. The van der Waals surface area contributed by atoms with Crippen molar-refractivity contribution in [2.75, 3.05) is 11.3 Å². The van der Waals surface area contributed by atoms with Gasteiger partial charge in [-0.2, -0.15) is 8.42 Å². The second-order valence-corrected chi connectivity index (χ2v) is 11.4. The van der Waals surface area contributed by atoms with E-state index in [0.717, 1.165) is 58.0 Å². The number of phenolic OH excluding ortho intramolecular Hbond substituents is 2. The highest BCUT2D eigenvalue weighted by atomic mass is 32.2. The number of rotatable bonds is 6. The first kappa shape index (κ1) is 24.9. The minimum atomic E-state index is -3.83. The Morgan fingerprint density at radius 3 is 2.26 bits per heavy atom. The molecule has 1 aliphatic rings. The van der Waals surface area contributed by atoms with Crippen molar-refractivity contribution in [1.82, 2.24) is 10.3 Å². The van der Waals surface area contributed by atoms with E-state index in [4.69, 9.17) is 0 Å². The van der Waals surface area contributed by atoms with E-state index in [0.29, 0.717) is 5.69 Å². The summed E-state index contributed by atoms with van der Waals surface area (Å²) in [5.74, 6) is -0.181. The zero-order valence-corrected chi connectivity index (χ0v) is 21.8. The summed E-state index contributed by atoms with van der Waals surface area (Å²) < 4.78 is 28.4. The molecule has 0 bridgehead atoms. The molecule has 0 saturated carbocycles. The van der Waals surface area contributed by atoms with Crippen LogP contribution in [0, 0.1) is 0 Å². The van der Waals surface area contributed by atoms with Gasteiger partial charge in [-0.1, -0.05) is 60.7 Å². The lowest BCUT2D eigenvalue weighted by molar-refractivity contribution is 0.398. The number of aromatic hydroxyl groups is 2. The number of fused-ring (bicyclic) bond motifs is 2. The van der Waals surface area contributed by atoms with Gasteiger partial charge in [0, 0.05) is 23.3 Å². The van der Waals surface area contributed by atoms with Crippen molar-refractivity contribution < 1.29 is 18.6 Å². The molecule has 39 heavy (non-hydrogen) atoms. The summed E-state index contributed by atoms with van der Waals surface area (Å²) in [5, 5.41) is 25.0. The van der Waals surface area contributed by atoms with Gasteiger partial charge in [0.25, 0.3) is 10.0 Å². The first-order valence-electron chi connectivity index (χ1n) is 12.7. The molecular formula is C31H27N3O4S. The molecule has 196 valence electrons. The van der Waals surface area contributed by atoms with E-state index in [1.54, 1.807) is 36.5 Å². The third kappa shape index (κ3) is 5.16. The molecule has 1 unspecified atom stereocenters. The number of hydrogen-bond donors (Lipinski definition) is 4. The molecule has 0 saturated heterocycles. The molecule has 0 amide bonds. The molecule has 0 fully saturated rings. The van der Waals surface area contributed by atoms with E-state index in [9.17, 15) is 18.6 Å². The van der Waals surface area contributed by atoms with Gasteiger partial charge in [0.15, 0.2) is 16.5 Å². The summed E-state index contributed by atoms with van der Waals surface area (Å²) >= 11 is 0. The Labute approximate surface area is 226 Å². The topological polar surface area (TPSA) is 112 Å². The molecule has 1 aliphatic heterocycles. The van der Waals surface area contributed by atoms with Crippen LogP contribution < -0.4 is 10.0 Å². The van der Waals surface area contributed by atoms with Gasteiger partial charge in [-0.25, -0.2) is 4.98 Å². The molecule has 8 heteroatoms. The van der Waals surface area contributed by atoms with Crippen molar-refractivity contribution in [2.24, 2.45) is 0 Å². The van der Waals surface area contributed by atoms with Gasteiger partial charge in [-0.15, -0.1) is 0 Å². The summed E-state index contributed by atoms with van der Waals surface area (Å²) in [6.07, 6.45) is 3.12. The fraction of sp³-hybridized carbons (Fsp3) is 0.129. The zero-order valence-electron chi connectivity index (χ0n) is 21.0. The molecule has 6 rings (SSSR count). The van der Waals surface area contributed by atoms with Gasteiger partial charge < -0.3 is 15.5 Å². The van der Waals surface area contributed by atoms with Crippen LogP contribution in [0.15, 0.2) is 102 Å². The van der Waals surface area contributed by atoms with Crippen LogP contribution in [0.3, 0.4) is 0 Å². The highest BCUT2D eigenvalue weighted by Crippen LogP contribution is 2.35. The van der Waals surface area contributed by atoms with Crippen LogP contribution in [0.1, 0.15) is 22.7 Å². The summed E-state index contributed by atoms with van der Waals surface area (Å²) in [6.45, 7) is 0.812. The molecule has 4 aromatic carbocycles. The lowest BCUT2D eigenvalue weighted by Crippen LogP contribution is -2.31. The molecule has 0 spiro atoms. The Kier molecular flexibility index (Phi) is 6.42. The van der Waals surface area contributed by atoms with Gasteiger partial charge in [-0.3, -0.25) is 4.72 Å². The first-order valence-corrected chi connectivity index (χ1v) is 14.2. The molecule has 7 nitrogen and oxygen atoms in total. The predicted molar refractivity (Wildman–Crippen MR) is 152 cm³/mol. The van der Waals surface area contributed by atoms with Gasteiger partial charge in [-0.05, 0) is 82.9 Å². The molecule has 0 radical (unpaired) electrons. The van der Waals surface area contributed by atoms with Crippen molar-refractivity contribution in [3.8, 4) is 22.6 Å². The maximum atomic E-state index is 12.9. The summed E-state index contributed by atoms with van der Waals surface area (Å²) in [6, 6.07) is 27.9. The van der Waals surface area contributed by atoms with Crippen LogP contribution in [0.2, 0.25) is 0 Å². The lowest BCUT2D eigenvalue weighted by atomic mass is 9.89. The normalized spacial score (nSPS) is 15.1. The highest BCUT2D eigenvalue weighted by molar-refractivity contribution is 7.92. The van der Waals surface area contributed by atoms with Crippen molar-refractivity contribution in [2.45, 2.75) is 23.9 Å². The minimum Gasteiger partial charge on any atom is -0.504 e. The van der Waals surface area contributed by atoms with Gasteiger partial charge >= 0.3 is 0 Å². The Balaban J connectivity index is 1.15. The number of nitrogens with one attached hydrogen (secondary N) is 2. The molecule has 0 aliphatic carbocycles. The van der Waals surface area contributed by atoms with E-state index < -0.39 is 10.0 Å². The smallest absolute Gasteiger partial charge is 0.279 e. The van der Waals surface area contributed by atoms with Crippen LogP contribution >= 0.6 is 0 Å². The molecule has 1 atom stereocenters. The van der Waals surface area contributed by atoms with Crippen LogP contribution in [0.4, 0.5) is 5.69 Å². The molecule has 1 aromatic heterocycles. The highest BCUT2D eigenvalue weighted by Gasteiger charge is 2.22. The standard InChI is InChI=1S/C31H27N3O4S/c35-29-16-24-13-14-32-28(27(24)18-30(29)36)15-20-5-7-21(8-6-20)22-9-11-26(12-10-22)34-39(37,38)31-17-23-3-1-2-4-25(23)19-33-31/h1-12,16-19,28,32,34-36H,13-15H2. The van der Waals surface area contributed by atoms with E-state index in [1.807, 2.05) is 48.5 Å². The van der Waals surface area contributed by atoms with E-state index in [1.165, 1.54) is 0 Å². The Bertz CT molecular complexity index is 1770. The number of aromatic nitrogens is 1. The van der Waals surface area contributed by atoms with Crippen molar-refractivity contribution in [3.05, 3.63) is 114 Å². The quantitative estimate of drug-likeness (QED) is 0.212. The van der Waals surface area contributed by atoms with Crippen molar-refractivity contribution >= 4 is 26.5 Å². The number of anilines is 1. The van der Waals surface area contributed by atoms with Gasteiger partial charge in [0.2, 0.25) is 0 Å². The summed E-state index contributed by atoms with van der Waals surface area (Å²) in [5.41, 5.74) is 5.65. The number of hydrogen-bond acceptors (Lipinski definition) is 6. The summed E-state index contributed by atoms with van der Waals surface area (Å²) in [7, 11) is -3.83. The third-order valence-corrected chi connectivity index (χ3v) is 8.42. The lowest BCUT2D eigenvalue weighted by Gasteiger charge is -2.27. The third-order valence-electron chi connectivity index (χ3n) is 7.14. The van der Waals surface area contributed by atoms with Crippen molar-refractivity contribution in [3.63, 3.8) is 0 Å². The van der Waals surface area contributed by atoms with E-state index >= 15 is 0 Å². The Morgan fingerprint density at radius 1 is 0.846 bits per heavy atom. The second kappa shape index (κ2) is 10.1. The Hall–Kier alpha value is -4.40. The minimum absolute atomic E-state index is 0.0250. The largest absolute Gasteiger partial charge is 0.504 e. The Morgan fingerprint density at radius 2 is 1.51 bits per heavy atom. The first-order chi connectivity index (χ1) is 18.9. The average Bonchev–Trinajstić information content (AvgIpc) is 2.94. The maximum Gasteiger partial charge on any atom is 0.279 e. The summed E-state index contributed by atoms with van der Waals surface area (Å²) in [4.78, 5) is 4.13. The average molecular weight is 538 g/mol. The van der Waals surface area contributed by atoms with E-state index in [2.05, 4.69) is 27.2 Å². The van der Waals surface area contributed by atoms with Gasteiger partial charge in [0.1, 0.15) is 0 Å². The predicted octanol–water partition coefficient (Wildman–Crippen LogP) is 5.54. The zero-order chi connectivity index (χ0) is 27.0. The number of sulfonamides is 1. The van der Waals surface area contributed by atoms with Crippen LogP contribution in [-0.4, -0.2) is 30.2 Å². The number of nitrogens with zero attached hydrogens (tertiary/aromatic N) is 1. The molecular weight excluding hydrogens is 510 g/mol. The molecule has 4 N–H and O–H groups in total. The van der Waals surface area contributed by atoms with E-state index in [-0.39, 0.29) is 22.6 Å². The molecule has 2 heterocycles. The van der Waals surface area contributed by atoms with Crippen LogP contribution in [0.5, 0.6) is 11.5 Å². The second-order valence-electron chi connectivity index (χ2n) is 9.75. The fourth-order valence-electron chi connectivity index (χ4n) is 5.07.